The lowest BCUT2D eigenvalue weighted by Crippen LogP contribution is -2.21. The van der Waals surface area contributed by atoms with Gasteiger partial charge in [-0.2, -0.15) is 0 Å². The number of anilines is 1. The summed E-state index contributed by atoms with van der Waals surface area (Å²) in [5.41, 5.74) is 12.6. The minimum Gasteiger partial charge on any atom is -0.368 e. The normalized spacial score (nSPS) is 11.1. The molecule has 4 aromatic rings. The molecule has 0 radical (unpaired) electrons. The predicted molar refractivity (Wildman–Crippen MR) is 132 cm³/mol. The van der Waals surface area contributed by atoms with Crippen molar-refractivity contribution in [3.05, 3.63) is 75.7 Å². The van der Waals surface area contributed by atoms with E-state index in [1.165, 1.54) is 28.0 Å². The molecule has 0 atom stereocenters. The molecule has 0 spiro atoms. The lowest BCUT2D eigenvalue weighted by atomic mass is 9.96. The number of fused-ring (bicyclic) bond motifs is 1. The first-order valence-electron chi connectivity index (χ1n) is 10.7. The Balaban J connectivity index is 1.69. The molecule has 32 heavy (non-hydrogen) atoms. The minimum absolute atomic E-state index is 0.105. The number of hydrogen-bond acceptors (Lipinski definition) is 6. The highest BCUT2D eigenvalue weighted by molar-refractivity contribution is 7.20. The number of aromatic nitrogens is 2. The van der Waals surface area contributed by atoms with Crippen molar-refractivity contribution in [3.8, 4) is 11.3 Å². The fourth-order valence-corrected chi connectivity index (χ4v) is 4.74. The molecular formula is C25H27N5OS. The van der Waals surface area contributed by atoms with E-state index in [0.717, 1.165) is 40.1 Å². The first-order valence-corrected chi connectivity index (χ1v) is 11.5. The van der Waals surface area contributed by atoms with E-state index in [9.17, 15) is 4.79 Å². The highest BCUT2D eigenvalue weighted by atomic mass is 32.1. The highest BCUT2D eigenvalue weighted by Crippen LogP contribution is 2.35. The molecule has 0 aliphatic carbocycles. The van der Waals surface area contributed by atoms with Gasteiger partial charge in [0, 0.05) is 30.6 Å². The number of carbonyl (C=O) groups is 1. The van der Waals surface area contributed by atoms with Gasteiger partial charge in [-0.05, 0) is 55.2 Å². The zero-order valence-electron chi connectivity index (χ0n) is 18.5. The fraction of sp³-hybridized carbons (Fsp3) is 0.240. The number of hydrogen-bond donors (Lipinski definition) is 3. The SMILES string of the molecule is CCNC(=O)c1cc2c(-c3cc(CNCc4ccccc4)c(C)cc3C)nc(N)nc2s1. The first kappa shape index (κ1) is 21.9. The molecule has 0 aliphatic heterocycles. The Morgan fingerprint density at radius 2 is 1.81 bits per heavy atom. The van der Waals surface area contributed by atoms with Crippen LogP contribution in [0.4, 0.5) is 5.95 Å². The quantitative estimate of drug-likeness (QED) is 0.387. The maximum Gasteiger partial charge on any atom is 0.261 e. The maximum absolute atomic E-state index is 12.4. The monoisotopic (exact) mass is 445 g/mol. The zero-order chi connectivity index (χ0) is 22.7. The Morgan fingerprint density at radius 3 is 2.56 bits per heavy atom. The Kier molecular flexibility index (Phi) is 6.48. The number of nitrogens with one attached hydrogen (secondary N) is 2. The molecule has 0 saturated heterocycles. The summed E-state index contributed by atoms with van der Waals surface area (Å²) in [5.74, 6) is 0.104. The van der Waals surface area contributed by atoms with Crippen LogP contribution in [0.15, 0.2) is 48.5 Å². The molecule has 2 aromatic carbocycles. The van der Waals surface area contributed by atoms with Crippen LogP contribution < -0.4 is 16.4 Å². The van der Waals surface area contributed by atoms with Crippen LogP contribution in [0.5, 0.6) is 0 Å². The van der Waals surface area contributed by atoms with E-state index in [0.29, 0.717) is 11.4 Å². The number of nitrogens with zero attached hydrogens (tertiary/aromatic N) is 2. The van der Waals surface area contributed by atoms with E-state index in [-0.39, 0.29) is 11.9 Å². The van der Waals surface area contributed by atoms with E-state index >= 15 is 0 Å². The van der Waals surface area contributed by atoms with Gasteiger partial charge in [0.25, 0.3) is 5.91 Å². The van der Waals surface area contributed by atoms with Crippen molar-refractivity contribution in [1.29, 1.82) is 0 Å². The van der Waals surface area contributed by atoms with Gasteiger partial charge in [-0.15, -0.1) is 11.3 Å². The second-order valence-corrected chi connectivity index (χ2v) is 8.83. The molecule has 0 saturated carbocycles. The molecule has 0 fully saturated rings. The van der Waals surface area contributed by atoms with E-state index in [1.54, 1.807) is 0 Å². The van der Waals surface area contributed by atoms with Crippen LogP contribution in [0, 0.1) is 13.8 Å². The smallest absolute Gasteiger partial charge is 0.261 e. The molecule has 4 rings (SSSR count). The molecule has 4 N–H and O–H groups in total. The second-order valence-electron chi connectivity index (χ2n) is 7.80. The van der Waals surface area contributed by atoms with E-state index in [1.807, 2.05) is 31.2 Å². The lowest BCUT2D eigenvalue weighted by Gasteiger charge is -2.14. The predicted octanol–water partition coefficient (Wildman–Crippen LogP) is 4.60. The van der Waals surface area contributed by atoms with Crippen LogP contribution in [0.25, 0.3) is 21.5 Å². The van der Waals surface area contributed by atoms with Crippen LogP contribution in [0.1, 0.15) is 38.8 Å². The summed E-state index contributed by atoms with van der Waals surface area (Å²) >= 11 is 1.34. The number of amides is 1. The number of nitrogens with two attached hydrogens (primary N) is 1. The number of carbonyl (C=O) groups excluding carboxylic acids is 1. The van der Waals surface area contributed by atoms with Crippen LogP contribution in [0.3, 0.4) is 0 Å². The summed E-state index contributed by atoms with van der Waals surface area (Å²) < 4.78 is 0. The first-order chi connectivity index (χ1) is 15.5. The van der Waals surface area contributed by atoms with Gasteiger partial charge in [-0.3, -0.25) is 4.79 Å². The van der Waals surface area contributed by atoms with Crippen LogP contribution in [0.2, 0.25) is 0 Å². The summed E-state index contributed by atoms with van der Waals surface area (Å²) in [6.07, 6.45) is 0. The van der Waals surface area contributed by atoms with Crippen molar-refractivity contribution in [2.45, 2.75) is 33.9 Å². The molecule has 2 aromatic heterocycles. The number of rotatable bonds is 7. The van der Waals surface area contributed by atoms with Crippen molar-refractivity contribution in [2.75, 3.05) is 12.3 Å². The van der Waals surface area contributed by atoms with Crippen molar-refractivity contribution >= 4 is 33.4 Å². The molecule has 6 nitrogen and oxygen atoms in total. The van der Waals surface area contributed by atoms with Crippen molar-refractivity contribution in [1.82, 2.24) is 20.6 Å². The minimum atomic E-state index is -0.105. The Bertz CT molecular complexity index is 1270. The summed E-state index contributed by atoms with van der Waals surface area (Å²) in [6, 6.07) is 16.6. The standard InChI is InChI=1S/C25H27N5OS/c1-4-28-23(31)21-12-20-22(29-25(26)30-24(20)32-21)19-11-18(15(2)10-16(19)3)14-27-13-17-8-6-5-7-9-17/h5-12,27H,4,13-14H2,1-3H3,(H,28,31)(H2,26,29,30). The Hall–Kier alpha value is -3.29. The topological polar surface area (TPSA) is 92.9 Å². The lowest BCUT2D eigenvalue weighted by molar-refractivity contribution is 0.0960. The molecule has 7 heteroatoms. The summed E-state index contributed by atoms with van der Waals surface area (Å²) in [6.45, 7) is 8.21. The highest BCUT2D eigenvalue weighted by Gasteiger charge is 2.18. The second kappa shape index (κ2) is 9.46. The van der Waals surface area contributed by atoms with Crippen molar-refractivity contribution in [2.24, 2.45) is 0 Å². The Morgan fingerprint density at radius 1 is 1.03 bits per heavy atom. The average Bonchev–Trinajstić information content (AvgIpc) is 3.20. The van der Waals surface area contributed by atoms with Gasteiger partial charge in [-0.25, -0.2) is 9.97 Å². The van der Waals surface area contributed by atoms with Gasteiger partial charge in [0.1, 0.15) is 4.83 Å². The molecule has 0 bridgehead atoms. The van der Waals surface area contributed by atoms with Crippen LogP contribution >= 0.6 is 11.3 Å². The molecular weight excluding hydrogens is 418 g/mol. The number of benzene rings is 2. The summed E-state index contributed by atoms with van der Waals surface area (Å²) in [7, 11) is 0. The molecule has 0 unspecified atom stereocenters. The van der Waals surface area contributed by atoms with Gasteiger partial charge >= 0.3 is 0 Å². The van der Waals surface area contributed by atoms with Gasteiger partial charge < -0.3 is 16.4 Å². The van der Waals surface area contributed by atoms with Gasteiger partial charge in [0.15, 0.2) is 0 Å². The molecule has 1 amide bonds. The fourth-order valence-electron chi connectivity index (χ4n) is 3.78. The van der Waals surface area contributed by atoms with Gasteiger partial charge in [-0.1, -0.05) is 36.4 Å². The third-order valence-electron chi connectivity index (χ3n) is 5.40. The van der Waals surface area contributed by atoms with Crippen LogP contribution in [-0.4, -0.2) is 22.4 Å². The van der Waals surface area contributed by atoms with E-state index in [2.05, 4.69) is 58.7 Å². The van der Waals surface area contributed by atoms with Gasteiger partial charge in [0.2, 0.25) is 5.95 Å². The summed E-state index contributed by atoms with van der Waals surface area (Å²) in [4.78, 5) is 22.6. The molecule has 164 valence electrons. The average molecular weight is 446 g/mol. The van der Waals surface area contributed by atoms with Crippen LogP contribution in [-0.2, 0) is 13.1 Å². The summed E-state index contributed by atoms with van der Waals surface area (Å²) in [5, 5.41) is 7.22. The number of nitrogen functional groups attached to an aromatic ring is 1. The third kappa shape index (κ3) is 4.64. The zero-order valence-corrected chi connectivity index (χ0v) is 19.3. The van der Waals surface area contributed by atoms with E-state index in [4.69, 9.17) is 5.73 Å². The Labute approximate surface area is 191 Å². The molecule has 0 aliphatic rings. The van der Waals surface area contributed by atoms with Crippen molar-refractivity contribution in [3.63, 3.8) is 0 Å². The maximum atomic E-state index is 12.4. The van der Waals surface area contributed by atoms with Crippen molar-refractivity contribution < 1.29 is 4.79 Å². The largest absolute Gasteiger partial charge is 0.368 e. The van der Waals surface area contributed by atoms with E-state index < -0.39 is 0 Å². The number of aryl methyl sites for hydroxylation is 2. The third-order valence-corrected chi connectivity index (χ3v) is 6.42. The van der Waals surface area contributed by atoms with Gasteiger partial charge in [0.05, 0.1) is 10.6 Å². The number of thiophene rings is 1. The molecule has 2 heterocycles.